The predicted molar refractivity (Wildman–Crippen MR) is 107 cm³/mol. The van der Waals surface area contributed by atoms with Gasteiger partial charge in [-0.25, -0.2) is 0 Å². The van der Waals surface area contributed by atoms with E-state index in [1.54, 1.807) is 12.2 Å². The van der Waals surface area contributed by atoms with E-state index in [1.807, 2.05) is 56.3 Å². The van der Waals surface area contributed by atoms with Crippen LogP contribution >= 0.6 is 23.8 Å². The van der Waals surface area contributed by atoms with Crippen LogP contribution in [0, 0.1) is 13.8 Å². The lowest BCUT2D eigenvalue weighted by molar-refractivity contribution is -0.113. The van der Waals surface area contributed by atoms with Crippen LogP contribution in [0.2, 0.25) is 0 Å². The molecule has 0 radical (unpaired) electrons. The van der Waals surface area contributed by atoms with Crippen LogP contribution in [0.3, 0.4) is 0 Å². The van der Waals surface area contributed by atoms with Gasteiger partial charge < -0.3 is 5.32 Å². The molecule has 3 nitrogen and oxygen atoms in total. The molecular formula is C20H17ClN2OS. The quantitative estimate of drug-likeness (QED) is 0.630. The maximum absolute atomic E-state index is 12.7. The van der Waals surface area contributed by atoms with E-state index in [4.69, 9.17) is 23.8 Å². The molecule has 2 aromatic carbocycles. The molecule has 0 spiro atoms. The van der Waals surface area contributed by atoms with Gasteiger partial charge in [0.2, 0.25) is 0 Å². The maximum Gasteiger partial charge on any atom is 0.281 e. The van der Waals surface area contributed by atoms with Crippen molar-refractivity contribution >= 4 is 46.6 Å². The molecular weight excluding hydrogens is 352 g/mol. The predicted octanol–water partition coefficient (Wildman–Crippen LogP) is 4.69. The summed E-state index contributed by atoms with van der Waals surface area (Å²) in [4.78, 5) is 14.2. The first kappa shape index (κ1) is 17.4. The summed E-state index contributed by atoms with van der Waals surface area (Å²) >= 11 is 11.6. The zero-order chi connectivity index (χ0) is 18.0. The van der Waals surface area contributed by atoms with Crippen molar-refractivity contribution in [2.24, 2.45) is 0 Å². The highest BCUT2D eigenvalue weighted by Gasteiger charge is 2.32. The largest absolute Gasteiger partial charge is 0.327 e. The zero-order valence-corrected chi connectivity index (χ0v) is 15.5. The molecule has 0 atom stereocenters. The average Bonchev–Trinajstić information content (AvgIpc) is 2.81. The molecule has 3 rings (SSSR count). The van der Waals surface area contributed by atoms with E-state index in [2.05, 4.69) is 11.4 Å². The Bertz CT molecular complexity index is 883. The van der Waals surface area contributed by atoms with E-state index >= 15 is 0 Å². The van der Waals surface area contributed by atoms with Gasteiger partial charge in [0.25, 0.3) is 5.91 Å². The summed E-state index contributed by atoms with van der Waals surface area (Å²) in [5, 5.41) is 3.75. The highest BCUT2D eigenvalue weighted by atomic mass is 35.5. The first-order valence-corrected chi connectivity index (χ1v) is 8.60. The Morgan fingerprint density at radius 3 is 2.40 bits per heavy atom. The molecule has 0 saturated carbocycles. The second kappa shape index (κ2) is 7.21. The van der Waals surface area contributed by atoms with E-state index < -0.39 is 0 Å². The number of benzene rings is 2. The lowest BCUT2D eigenvalue weighted by Gasteiger charge is -2.15. The van der Waals surface area contributed by atoms with Crippen LogP contribution in [-0.4, -0.2) is 11.0 Å². The van der Waals surface area contributed by atoms with E-state index in [9.17, 15) is 4.79 Å². The minimum absolute atomic E-state index is 0.213. The smallest absolute Gasteiger partial charge is 0.281 e. The van der Waals surface area contributed by atoms with Crippen LogP contribution < -0.4 is 10.2 Å². The van der Waals surface area contributed by atoms with E-state index in [-0.39, 0.29) is 5.91 Å². The number of carbonyl (C=O) groups is 1. The number of nitrogens with zero attached hydrogens (tertiary/aromatic N) is 1. The molecule has 0 aromatic heterocycles. The number of rotatable bonds is 3. The molecule has 1 fully saturated rings. The summed E-state index contributed by atoms with van der Waals surface area (Å²) in [6.45, 7) is 3.98. The van der Waals surface area contributed by atoms with Gasteiger partial charge in [-0.05, 0) is 67.0 Å². The number of thiocarbonyl (C=S) groups is 1. The highest BCUT2D eigenvalue weighted by Crippen LogP contribution is 2.25. The third-order valence-corrected chi connectivity index (χ3v) is 4.23. The van der Waals surface area contributed by atoms with E-state index in [1.165, 1.54) is 4.90 Å². The van der Waals surface area contributed by atoms with E-state index in [0.29, 0.717) is 15.8 Å². The highest BCUT2D eigenvalue weighted by molar-refractivity contribution is 7.80. The number of hydrogen-bond donors (Lipinski definition) is 1. The Hall–Kier alpha value is -2.43. The van der Waals surface area contributed by atoms with Crippen LogP contribution in [0.5, 0.6) is 0 Å². The van der Waals surface area contributed by atoms with Gasteiger partial charge in [0.05, 0.1) is 5.69 Å². The average molecular weight is 369 g/mol. The van der Waals surface area contributed by atoms with E-state index in [0.717, 1.165) is 22.4 Å². The third kappa shape index (κ3) is 3.98. The fourth-order valence-corrected chi connectivity index (χ4v) is 3.27. The second-order valence-electron chi connectivity index (χ2n) is 5.91. The first-order chi connectivity index (χ1) is 11.9. The van der Waals surface area contributed by atoms with Gasteiger partial charge in [-0.3, -0.25) is 9.69 Å². The van der Waals surface area contributed by atoms with Crippen LogP contribution in [0.4, 0.5) is 5.69 Å². The van der Waals surface area contributed by atoms with Crippen LogP contribution in [0.15, 0.2) is 65.3 Å². The molecule has 126 valence electrons. The third-order valence-electron chi connectivity index (χ3n) is 3.73. The Kier molecular flexibility index (Phi) is 5.02. The number of allylic oxidation sites excluding steroid dienone is 2. The van der Waals surface area contributed by atoms with Gasteiger partial charge >= 0.3 is 0 Å². The number of halogens is 1. The van der Waals surface area contributed by atoms with Crippen LogP contribution in [0.1, 0.15) is 16.7 Å². The molecule has 1 aliphatic heterocycles. The molecule has 5 heteroatoms. The zero-order valence-electron chi connectivity index (χ0n) is 13.9. The van der Waals surface area contributed by atoms with Gasteiger partial charge in [0, 0.05) is 5.03 Å². The molecule has 1 saturated heterocycles. The second-order valence-corrected chi connectivity index (χ2v) is 6.74. The normalized spacial score (nSPS) is 16.5. The summed E-state index contributed by atoms with van der Waals surface area (Å²) in [5.74, 6) is -0.213. The molecule has 1 amide bonds. The van der Waals surface area contributed by atoms with Crippen molar-refractivity contribution in [3.8, 4) is 0 Å². The van der Waals surface area contributed by atoms with Crippen molar-refractivity contribution in [3.05, 3.63) is 82.0 Å². The molecule has 0 bridgehead atoms. The van der Waals surface area contributed by atoms with Gasteiger partial charge in [-0.15, -0.1) is 0 Å². The van der Waals surface area contributed by atoms with Crippen molar-refractivity contribution in [2.45, 2.75) is 13.8 Å². The Balaban J connectivity index is 1.89. The minimum atomic E-state index is -0.213. The van der Waals surface area contributed by atoms with Crippen molar-refractivity contribution < 1.29 is 4.79 Å². The van der Waals surface area contributed by atoms with Gasteiger partial charge in [0.15, 0.2) is 5.11 Å². The maximum atomic E-state index is 12.7. The van der Waals surface area contributed by atoms with Gasteiger partial charge in [0.1, 0.15) is 5.70 Å². The number of carbonyl (C=O) groups excluding carboxylic acids is 1. The van der Waals surface area contributed by atoms with Gasteiger partial charge in [-0.2, -0.15) is 0 Å². The van der Waals surface area contributed by atoms with Crippen molar-refractivity contribution in [1.82, 2.24) is 5.32 Å². The first-order valence-electron chi connectivity index (χ1n) is 7.82. The molecule has 0 aliphatic carbocycles. The number of amides is 1. The van der Waals surface area contributed by atoms with Crippen LogP contribution in [-0.2, 0) is 4.79 Å². The molecule has 25 heavy (non-hydrogen) atoms. The summed E-state index contributed by atoms with van der Waals surface area (Å²) < 4.78 is 0. The lowest BCUT2D eigenvalue weighted by atomic mass is 10.1. The standard InChI is InChI=1S/C20H17ClN2OS/c1-13-8-14(2)10-17(9-13)23-19(24)18(22-20(23)25)12-16(21)11-15-6-4-3-5-7-15/h3-12H,1-2H3,(H,22,25)/b16-11-,18-12?. The molecule has 1 aliphatic rings. The van der Waals surface area contributed by atoms with Crippen molar-refractivity contribution in [1.29, 1.82) is 0 Å². The number of nitrogens with one attached hydrogen (secondary N) is 1. The Labute approximate surface area is 157 Å². The summed E-state index contributed by atoms with van der Waals surface area (Å²) in [6.07, 6.45) is 3.40. The molecule has 2 aromatic rings. The van der Waals surface area contributed by atoms with Gasteiger partial charge in [-0.1, -0.05) is 48.0 Å². The molecule has 1 N–H and O–H groups in total. The number of anilines is 1. The topological polar surface area (TPSA) is 32.3 Å². The number of hydrogen-bond acceptors (Lipinski definition) is 2. The fourth-order valence-electron chi connectivity index (χ4n) is 2.74. The summed E-state index contributed by atoms with van der Waals surface area (Å²) in [5.41, 5.74) is 4.23. The number of aryl methyl sites for hydroxylation is 2. The Morgan fingerprint density at radius 2 is 1.76 bits per heavy atom. The summed E-state index contributed by atoms with van der Waals surface area (Å²) in [6, 6.07) is 15.6. The molecule has 0 unspecified atom stereocenters. The van der Waals surface area contributed by atoms with Crippen LogP contribution in [0.25, 0.3) is 6.08 Å². The van der Waals surface area contributed by atoms with Crippen molar-refractivity contribution in [2.75, 3.05) is 4.90 Å². The SMILES string of the molecule is Cc1cc(C)cc(N2C(=O)C(=C/C(Cl)=C/c3ccccc3)NC2=S)c1. The summed E-state index contributed by atoms with van der Waals surface area (Å²) in [7, 11) is 0. The monoisotopic (exact) mass is 368 g/mol. The minimum Gasteiger partial charge on any atom is -0.327 e. The fraction of sp³-hybridized carbons (Fsp3) is 0.100. The lowest BCUT2D eigenvalue weighted by Crippen LogP contribution is -2.30. The molecule has 1 heterocycles. The van der Waals surface area contributed by atoms with Crippen molar-refractivity contribution in [3.63, 3.8) is 0 Å². The Morgan fingerprint density at radius 1 is 1.12 bits per heavy atom.